The molecule has 5 nitrogen and oxygen atoms in total. The van der Waals surface area contributed by atoms with Crippen molar-refractivity contribution in [1.29, 1.82) is 0 Å². The van der Waals surface area contributed by atoms with E-state index in [0.717, 1.165) is 12.0 Å². The third-order valence-corrected chi connectivity index (χ3v) is 6.22. The Balaban J connectivity index is 1.71. The summed E-state index contributed by atoms with van der Waals surface area (Å²) in [6, 6.07) is 17.1. The van der Waals surface area contributed by atoms with Crippen molar-refractivity contribution in [2.45, 2.75) is 45.7 Å². The number of rotatable bonds is 8. The standard InChI is InChI=1S/C22H27NO4S/c1-4-28(25,26)27-19-12-8-9-17(13-19)15-23(16(2)3)22(24)21-14-20(21)18-10-6-5-7-11-18/h5-13,16,20-21H,4,14-15H2,1-3H3/t20-,21?/m0/s1. The second-order valence-electron chi connectivity index (χ2n) is 7.50. The Hall–Kier alpha value is -2.34. The maximum absolute atomic E-state index is 13.1. The summed E-state index contributed by atoms with van der Waals surface area (Å²) in [7, 11) is -3.57. The van der Waals surface area contributed by atoms with Gasteiger partial charge in [-0.3, -0.25) is 4.79 Å². The molecule has 1 aliphatic rings. The van der Waals surface area contributed by atoms with Crippen molar-refractivity contribution in [3.63, 3.8) is 0 Å². The Morgan fingerprint density at radius 2 is 1.86 bits per heavy atom. The SMILES string of the molecule is CCS(=O)(=O)Oc1cccc(CN(C(=O)C2C[C@H]2c2ccccc2)C(C)C)c1. The number of hydrogen-bond donors (Lipinski definition) is 0. The van der Waals surface area contributed by atoms with E-state index in [1.54, 1.807) is 18.2 Å². The van der Waals surface area contributed by atoms with E-state index in [1.807, 2.05) is 43.0 Å². The van der Waals surface area contributed by atoms with Gasteiger partial charge in [0.2, 0.25) is 5.91 Å². The fourth-order valence-corrected chi connectivity index (χ4v) is 3.88. The highest BCUT2D eigenvalue weighted by atomic mass is 32.2. The molecular formula is C22H27NO4S. The first-order valence-corrected chi connectivity index (χ1v) is 11.2. The van der Waals surface area contributed by atoms with Crippen LogP contribution < -0.4 is 4.18 Å². The summed E-state index contributed by atoms with van der Waals surface area (Å²) in [5.41, 5.74) is 2.06. The Labute approximate surface area is 167 Å². The lowest BCUT2D eigenvalue weighted by Gasteiger charge is -2.27. The first-order chi connectivity index (χ1) is 13.3. The summed E-state index contributed by atoms with van der Waals surface area (Å²) >= 11 is 0. The van der Waals surface area contributed by atoms with Gasteiger partial charge in [0, 0.05) is 18.5 Å². The van der Waals surface area contributed by atoms with Crippen LogP contribution in [0, 0.1) is 5.92 Å². The molecule has 1 fully saturated rings. The molecule has 3 rings (SSSR count). The number of carbonyl (C=O) groups excluding carboxylic acids is 1. The van der Waals surface area contributed by atoms with Gasteiger partial charge in [0.25, 0.3) is 0 Å². The fourth-order valence-electron chi connectivity index (χ4n) is 3.36. The summed E-state index contributed by atoms with van der Waals surface area (Å²) in [6.45, 7) is 5.97. The molecule has 2 atom stereocenters. The van der Waals surface area contributed by atoms with E-state index in [-0.39, 0.29) is 29.4 Å². The Morgan fingerprint density at radius 1 is 1.14 bits per heavy atom. The number of nitrogens with zero attached hydrogens (tertiary/aromatic N) is 1. The van der Waals surface area contributed by atoms with Crippen LogP contribution in [0.4, 0.5) is 0 Å². The van der Waals surface area contributed by atoms with Crippen LogP contribution in [-0.2, 0) is 21.5 Å². The quantitative estimate of drug-likeness (QED) is 0.628. The molecule has 0 N–H and O–H groups in total. The second kappa shape index (κ2) is 8.35. The van der Waals surface area contributed by atoms with E-state index < -0.39 is 10.1 Å². The zero-order valence-electron chi connectivity index (χ0n) is 16.5. The molecule has 1 amide bonds. The molecule has 0 aromatic heterocycles. The van der Waals surface area contributed by atoms with Crippen LogP contribution in [0.5, 0.6) is 5.75 Å². The Morgan fingerprint density at radius 3 is 2.50 bits per heavy atom. The van der Waals surface area contributed by atoms with E-state index in [2.05, 4.69) is 12.1 Å². The highest BCUT2D eigenvalue weighted by Gasteiger charge is 2.46. The lowest BCUT2D eigenvalue weighted by atomic mass is 10.1. The normalized spacial score (nSPS) is 18.7. The first-order valence-electron chi connectivity index (χ1n) is 9.67. The van der Waals surface area contributed by atoms with Gasteiger partial charge in [-0.15, -0.1) is 0 Å². The third kappa shape index (κ3) is 4.93. The van der Waals surface area contributed by atoms with Crippen molar-refractivity contribution in [1.82, 2.24) is 4.90 Å². The van der Waals surface area contributed by atoms with Gasteiger partial charge < -0.3 is 9.08 Å². The predicted octanol–water partition coefficient (Wildman–Crippen LogP) is 3.96. The average Bonchev–Trinajstić information content (AvgIpc) is 3.47. The van der Waals surface area contributed by atoms with E-state index in [9.17, 15) is 13.2 Å². The fraction of sp³-hybridized carbons (Fsp3) is 0.409. The maximum Gasteiger partial charge on any atom is 0.308 e. The monoisotopic (exact) mass is 401 g/mol. The minimum atomic E-state index is -3.57. The van der Waals surface area contributed by atoms with Gasteiger partial charge in [0.1, 0.15) is 5.75 Å². The lowest BCUT2D eigenvalue weighted by molar-refractivity contribution is -0.135. The molecule has 28 heavy (non-hydrogen) atoms. The molecule has 2 aromatic rings. The molecular weight excluding hydrogens is 374 g/mol. The Bertz CT molecular complexity index is 925. The molecule has 0 heterocycles. The molecule has 6 heteroatoms. The third-order valence-electron chi connectivity index (χ3n) is 5.07. The highest BCUT2D eigenvalue weighted by Crippen LogP contribution is 2.48. The van der Waals surface area contributed by atoms with Crippen LogP contribution in [0.15, 0.2) is 54.6 Å². The van der Waals surface area contributed by atoms with Gasteiger partial charge >= 0.3 is 10.1 Å². The van der Waals surface area contributed by atoms with E-state index >= 15 is 0 Å². The highest BCUT2D eigenvalue weighted by molar-refractivity contribution is 7.87. The molecule has 0 saturated heterocycles. The van der Waals surface area contributed by atoms with Crippen LogP contribution in [0.2, 0.25) is 0 Å². The molecule has 150 valence electrons. The first kappa shape index (κ1) is 20.4. The molecule has 1 unspecified atom stereocenters. The topological polar surface area (TPSA) is 63.7 Å². The molecule has 2 aromatic carbocycles. The van der Waals surface area contributed by atoms with Crippen molar-refractivity contribution >= 4 is 16.0 Å². The largest absolute Gasteiger partial charge is 0.382 e. The zero-order chi connectivity index (χ0) is 20.3. The van der Waals surface area contributed by atoms with Crippen LogP contribution in [-0.4, -0.2) is 31.0 Å². The summed E-state index contributed by atoms with van der Waals surface area (Å²) in [5.74, 6) is 0.653. The molecule has 0 radical (unpaired) electrons. The number of benzene rings is 2. The van der Waals surface area contributed by atoms with E-state index in [4.69, 9.17) is 4.18 Å². The van der Waals surface area contributed by atoms with Gasteiger partial charge in [-0.25, -0.2) is 0 Å². The van der Waals surface area contributed by atoms with E-state index in [1.165, 1.54) is 12.5 Å². The average molecular weight is 402 g/mol. The summed E-state index contributed by atoms with van der Waals surface area (Å²) in [4.78, 5) is 15.0. The van der Waals surface area contributed by atoms with Gasteiger partial charge in [-0.05, 0) is 56.4 Å². The van der Waals surface area contributed by atoms with E-state index in [0.29, 0.717) is 12.5 Å². The summed E-state index contributed by atoms with van der Waals surface area (Å²) < 4.78 is 28.5. The summed E-state index contributed by atoms with van der Waals surface area (Å²) in [6.07, 6.45) is 0.879. The van der Waals surface area contributed by atoms with Crippen LogP contribution in [0.1, 0.15) is 44.2 Å². The maximum atomic E-state index is 13.1. The smallest absolute Gasteiger partial charge is 0.308 e. The summed E-state index contributed by atoms with van der Waals surface area (Å²) in [5, 5.41) is 0. The second-order valence-corrected chi connectivity index (χ2v) is 9.36. The van der Waals surface area contributed by atoms with Crippen molar-refractivity contribution in [3.8, 4) is 5.75 Å². The number of hydrogen-bond acceptors (Lipinski definition) is 4. The molecule has 1 aliphatic carbocycles. The number of carbonyl (C=O) groups is 1. The predicted molar refractivity (Wildman–Crippen MR) is 110 cm³/mol. The minimum Gasteiger partial charge on any atom is -0.382 e. The lowest BCUT2D eigenvalue weighted by Crippen LogP contribution is -2.37. The molecule has 0 spiro atoms. The van der Waals surface area contributed by atoms with Crippen molar-refractivity contribution in [2.24, 2.45) is 5.92 Å². The zero-order valence-corrected chi connectivity index (χ0v) is 17.4. The number of amides is 1. The van der Waals surface area contributed by atoms with Crippen LogP contribution >= 0.6 is 0 Å². The molecule has 0 bridgehead atoms. The van der Waals surface area contributed by atoms with Crippen LogP contribution in [0.3, 0.4) is 0 Å². The van der Waals surface area contributed by atoms with Gasteiger partial charge in [-0.1, -0.05) is 42.5 Å². The Kier molecular flexibility index (Phi) is 6.08. The minimum absolute atomic E-state index is 0.0182. The van der Waals surface area contributed by atoms with Crippen molar-refractivity contribution < 1.29 is 17.4 Å². The van der Waals surface area contributed by atoms with Crippen LogP contribution in [0.25, 0.3) is 0 Å². The molecule has 1 saturated carbocycles. The van der Waals surface area contributed by atoms with Crippen molar-refractivity contribution in [2.75, 3.05) is 5.75 Å². The van der Waals surface area contributed by atoms with Crippen molar-refractivity contribution in [3.05, 3.63) is 65.7 Å². The van der Waals surface area contributed by atoms with Gasteiger partial charge in [-0.2, -0.15) is 8.42 Å². The van der Waals surface area contributed by atoms with Gasteiger partial charge in [0.05, 0.1) is 5.75 Å². The molecule has 0 aliphatic heterocycles. The van der Waals surface area contributed by atoms with Gasteiger partial charge in [0.15, 0.2) is 0 Å².